The number of amides is 1. The normalized spacial score (nSPS) is 20.5. The lowest BCUT2D eigenvalue weighted by Crippen LogP contribution is -2.32. The van der Waals surface area contributed by atoms with Gasteiger partial charge in [-0.1, -0.05) is 26.2 Å². The Bertz CT molecular complexity index is 497. The van der Waals surface area contributed by atoms with E-state index in [1.165, 1.54) is 50.6 Å². The molecule has 1 aliphatic carbocycles. The van der Waals surface area contributed by atoms with Crippen molar-refractivity contribution in [2.75, 3.05) is 23.3 Å². The molecule has 0 bridgehead atoms. The second-order valence-electron chi connectivity index (χ2n) is 7.47. The summed E-state index contributed by atoms with van der Waals surface area (Å²) in [7, 11) is 0. The van der Waals surface area contributed by atoms with E-state index in [4.69, 9.17) is 0 Å². The zero-order valence-corrected chi connectivity index (χ0v) is 14.4. The number of piperidine rings is 1. The van der Waals surface area contributed by atoms with Crippen molar-refractivity contribution in [3.63, 3.8) is 0 Å². The van der Waals surface area contributed by atoms with Gasteiger partial charge in [0.2, 0.25) is 5.91 Å². The van der Waals surface area contributed by atoms with Gasteiger partial charge in [0.1, 0.15) is 0 Å². The minimum Gasteiger partial charge on any atom is -0.372 e. The number of nitrogens with one attached hydrogen (secondary N) is 1. The molecule has 2 fully saturated rings. The van der Waals surface area contributed by atoms with Gasteiger partial charge < -0.3 is 10.2 Å². The fourth-order valence-corrected chi connectivity index (χ4v) is 3.89. The van der Waals surface area contributed by atoms with Gasteiger partial charge in [-0.3, -0.25) is 4.79 Å². The fraction of sp³-hybridized carbons (Fsp3) is 0.650. The van der Waals surface area contributed by atoms with Crippen LogP contribution in [0.3, 0.4) is 0 Å². The molecule has 0 unspecified atom stereocenters. The lowest BCUT2D eigenvalue weighted by Gasteiger charge is -2.32. The molecule has 3 nitrogen and oxygen atoms in total. The van der Waals surface area contributed by atoms with Gasteiger partial charge in [-0.05, 0) is 61.8 Å². The smallest absolute Gasteiger partial charge is 0.224 e. The average Bonchev–Trinajstić information content (AvgIpc) is 2.57. The summed E-state index contributed by atoms with van der Waals surface area (Å²) in [5.74, 6) is 1.62. The largest absolute Gasteiger partial charge is 0.372 e. The lowest BCUT2D eigenvalue weighted by molar-refractivity contribution is -0.117. The number of hydrogen-bond donors (Lipinski definition) is 1. The molecule has 1 aromatic carbocycles. The SMILES string of the molecule is CC1CCN(c2ccc(NC(=O)CC3CCCCC3)cc2)CC1. The van der Waals surface area contributed by atoms with E-state index >= 15 is 0 Å². The van der Waals surface area contributed by atoms with E-state index in [1.807, 2.05) is 12.1 Å². The highest BCUT2D eigenvalue weighted by molar-refractivity contribution is 5.91. The molecule has 2 aliphatic rings. The van der Waals surface area contributed by atoms with Crippen molar-refractivity contribution in [3.8, 4) is 0 Å². The predicted molar refractivity (Wildman–Crippen MR) is 96.9 cm³/mol. The maximum Gasteiger partial charge on any atom is 0.224 e. The number of carbonyl (C=O) groups excluding carboxylic acids is 1. The minimum absolute atomic E-state index is 0.177. The van der Waals surface area contributed by atoms with E-state index in [0.29, 0.717) is 12.3 Å². The van der Waals surface area contributed by atoms with Gasteiger partial charge in [0, 0.05) is 30.9 Å². The summed E-state index contributed by atoms with van der Waals surface area (Å²) in [5.41, 5.74) is 2.21. The molecule has 1 saturated carbocycles. The molecule has 126 valence electrons. The number of rotatable bonds is 4. The lowest BCUT2D eigenvalue weighted by atomic mass is 9.87. The molecule has 3 rings (SSSR count). The summed E-state index contributed by atoms with van der Waals surface area (Å²) < 4.78 is 0. The van der Waals surface area contributed by atoms with E-state index in [1.54, 1.807) is 0 Å². The van der Waals surface area contributed by atoms with Crippen molar-refractivity contribution in [1.29, 1.82) is 0 Å². The second-order valence-corrected chi connectivity index (χ2v) is 7.47. The Morgan fingerprint density at radius 3 is 2.35 bits per heavy atom. The highest BCUT2D eigenvalue weighted by atomic mass is 16.1. The van der Waals surface area contributed by atoms with Gasteiger partial charge >= 0.3 is 0 Å². The Balaban J connectivity index is 1.49. The minimum atomic E-state index is 0.177. The maximum atomic E-state index is 12.2. The molecule has 0 radical (unpaired) electrons. The molecule has 0 aromatic heterocycles. The highest BCUT2D eigenvalue weighted by Gasteiger charge is 2.18. The Morgan fingerprint density at radius 1 is 1.04 bits per heavy atom. The van der Waals surface area contributed by atoms with Crippen LogP contribution in [-0.2, 0) is 4.79 Å². The molecular weight excluding hydrogens is 284 g/mol. The number of carbonyl (C=O) groups is 1. The molecule has 1 saturated heterocycles. The second kappa shape index (κ2) is 7.85. The molecule has 3 heteroatoms. The van der Waals surface area contributed by atoms with Crippen LogP contribution in [0.2, 0.25) is 0 Å². The molecular formula is C20H30N2O. The van der Waals surface area contributed by atoms with Gasteiger partial charge in [0.15, 0.2) is 0 Å². The summed E-state index contributed by atoms with van der Waals surface area (Å²) in [6, 6.07) is 8.39. The third-order valence-corrected chi connectivity index (χ3v) is 5.50. The van der Waals surface area contributed by atoms with Crippen LogP contribution in [0, 0.1) is 11.8 Å². The first-order chi connectivity index (χ1) is 11.2. The zero-order valence-electron chi connectivity index (χ0n) is 14.4. The summed E-state index contributed by atoms with van der Waals surface area (Å²) >= 11 is 0. The van der Waals surface area contributed by atoms with Crippen LogP contribution >= 0.6 is 0 Å². The van der Waals surface area contributed by atoms with E-state index in [0.717, 1.165) is 24.7 Å². The van der Waals surface area contributed by atoms with Crippen molar-refractivity contribution in [2.24, 2.45) is 11.8 Å². The molecule has 1 aliphatic heterocycles. The number of anilines is 2. The van der Waals surface area contributed by atoms with Crippen LogP contribution in [0.1, 0.15) is 58.3 Å². The number of nitrogens with zero attached hydrogens (tertiary/aromatic N) is 1. The standard InChI is InChI=1S/C20H30N2O/c1-16-11-13-22(14-12-16)19-9-7-18(8-10-19)21-20(23)15-17-5-3-2-4-6-17/h7-10,16-17H,2-6,11-15H2,1H3,(H,21,23). The van der Waals surface area contributed by atoms with Crippen molar-refractivity contribution in [3.05, 3.63) is 24.3 Å². The maximum absolute atomic E-state index is 12.2. The van der Waals surface area contributed by atoms with Crippen LogP contribution in [0.4, 0.5) is 11.4 Å². The van der Waals surface area contributed by atoms with Gasteiger partial charge in [0.05, 0.1) is 0 Å². The Morgan fingerprint density at radius 2 is 1.70 bits per heavy atom. The third kappa shape index (κ3) is 4.73. The zero-order chi connectivity index (χ0) is 16.1. The summed E-state index contributed by atoms with van der Waals surface area (Å²) in [6.45, 7) is 4.63. The van der Waals surface area contributed by atoms with Crippen molar-refractivity contribution in [1.82, 2.24) is 0 Å². The summed E-state index contributed by atoms with van der Waals surface area (Å²) in [6.07, 6.45) is 9.61. The average molecular weight is 314 g/mol. The monoisotopic (exact) mass is 314 g/mol. The van der Waals surface area contributed by atoms with Crippen LogP contribution in [0.5, 0.6) is 0 Å². The predicted octanol–water partition coefficient (Wildman–Crippen LogP) is 4.83. The Kier molecular flexibility index (Phi) is 5.58. The molecule has 1 heterocycles. The van der Waals surface area contributed by atoms with Gasteiger partial charge in [-0.15, -0.1) is 0 Å². The molecule has 23 heavy (non-hydrogen) atoms. The quantitative estimate of drug-likeness (QED) is 0.863. The number of hydrogen-bond acceptors (Lipinski definition) is 2. The number of benzene rings is 1. The van der Waals surface area contributed by atoms with Crippen LogP contribution in [-0.4, -0.2) is 19.0 Å². The first-order valence-electron chi connectivity index (χ1n) is 9.35. The summed E-state index contributed by atoms with van der Waals surface area (Å²) in [4.78, 5) is 14.6. The highest BCUT2D eigenvalue weighted by Crippen LogP contribution is 2.27. The van der Waals surface area contributed by atoms with Gasteiger partial charge in [-0.25, -0.2) is 0 Å². The van der Waals surface area contributed by atoms with E-state index in [2.05, 4.69) is 29.3 Å². The van der Waals surface area contributed by atoms with Crippen molar-refractivity contribution in [2.45, 2.75) is 58.3 Å². The molecule has 1 amide bonds. The van der Waals surface area contributed by atoms with E-state index < -0.39 is 0 Å². The van der Waals surface area contributed by atoms with Crippen LogP contribution < -0.4 is 10.2 Å². The molecule has 0 atom stereocenters. The third-order valence-electron chi connectivity index (χ3n) is 5.50. The first kappa shape index (κ1) is 16.4. The first-order valence-corrected chi connectivity index (χ1v) is 9.35. The van der Waals surface area contributed by atoms with Gasteiger partial charge in [-0.2, -0.15) is 0 Å². The van der Waals surface area contributed by atoms with Crippen molar-refractivity contribution < 1.29 is 4.79 Å². The van der Waals surface area contributed by atoms with Crippen molar-refractivity contribution >= 4 is 17.3 Å². The van der Waals surface area contributed by atoms with E-state index in [-0.39, 0.29) is 5.91 Å². The Hall–Kier alpha value is -1.51. The Labute approximate surface area is 140 Å². The van der Waals surface area contributed by atoms with Crippen LogP contribution in [0.15, 0.2) is 24.3 Å². The van der Waals surface area contributed by atoms with Gasteiger partial charge in [0.25, 0.3) is 0 Å². The van der Waals surface area contributed by atoms with Crippen LogP contribution in [0.25, 0.3) is 0 Å². The fourth-order valence-electron chi connectivity index (χ4n) is 3.89. The van der Waals surface area contributed by atoms with E-state index in [9.17, 15) is 4.79 Å². The molecule has 1 aromatic rings. The molecule has 0 spiro atoms. The molecule has 1 N–H and O–H groups in total. The summed E-state index contributed by atoms with van der Waals surface area (Å²) in [5, 5.41) is 3.07. The topological polar surface area (TPSA) is 32.3 Å².